The third-order valence-corrected chi connectivity index (χ3v) is 6.80. The van der Waals surface area contributed by atoms with Gasteiger partial charge in [-0.2, -0.15) is 4.89 Å². The number of hydrogen-bond acceptors (Lipinski definition) is 3. The van der Waals surface area contributed by atoms with Gasteiger partial charge in [-0.15, -0.1) is 0 Å². The minimum Gasteiger partial charge on any atom is -0.331 e. The quantitative estimate of drug-likeness (QED) is 0.499. The molecule has 3 nitrogen and oxygen atoms in total. The minimum absolute atomic E-state index is 0.0393. The van der Waals surface area contributed by atoms with E-state index < -0.39 is 17.0 Å². The van der Waals surface area contributed by atoms with Crippen molar-refractivity contribution in [1.29, 1.82) is 0 Å². The van der Waals surface area contributed by atoms with Crippen molar-refractivity contribution in [3.05, 3.63) is 66.3 Å². The molecule has 1 spiro atoms. The van der Waals surface area contributed by atoms with E-state index in [9.17, 15) is 0 Å². The van der Waals surface area contributed by atoms with Crippen molar-refractivity contribution >= 4 is 16.8 Å². The lowest BCUT2D eigenvalue weighted by molar-refractivity contribution is -0.540. The Morgan fingerprint density at radius 1 is 0.889 bits per heavy atom. The van der Waals surface area contributed by atoms with Crippen LogP contribution in [0.1, 0.15) is 45.6 Å². The zero-order chi connectivity index (χ0) is 18.8. The van der Waals surface area contributed by atoms with Crippen molar-refractivity contribution < 1.29 is 14.5 Å². The van der Waals surface area contributed by atoms with Crippen LogP contribution in [0.2, 0.25) is 0 Å². The fourth-order valence-corrected chi connectivity index (χ4v) is 5.23. The smallest absolute Gasteiger partial charge is 0.241 e. The first kappa shape index (κ1) is 17.2. The highest BCUT2D eigenvalue weighted by Gasteiger charge is 2.68. The predicted octanol–water partition coefficient (Wildman–Crippen LogP) is 5.81. The summed E-state index contributed by atoms with van der Waals surface area (Å²) in [5, 5.41) is 2.43. The molecular formula is C24H26O3. The summed E-state index contributed by atoms with van der Waals surface area (Å²) in [4.78, 5) is 12.0. The molecule has 2 bridgehead atoms. The van der Waals surface area contributed by atoms with Gasteiger partial charge in [0.1, 0.15) is 5.60 Å². The number of ether oxygens (including phenoxy) is 1. The first-order chi connectivity index (χ1) is 12.9. The molecule has 1 saturated heterocycles. The van der Waals surface area contributed by atoms with E-state index in [1.807, 2.05) is 12.2 Å². The highest BCUT2D eigenvalue weighted by Crippen LogP contribution is 2.60. The monoisotopic (exact) mass is 362 g/mol. The molecule has 0 radical (unpaired) electrons. The molecule has 2 fully saturated rings. The summed E-state index contributed by atoms with van der Waals surface area (Å²) in [6.07, 6.45) is 11.4. The van der Waals surface area contributed by atoms with Crippen molar-refractivity contribution in [2.75, 3.05) is 0 Å². The Hall–Kier alpha value is -1.94. The molecule has 1 aliphatic carbocycles. The van der Waals surface area contributed by atoms with Crippen LogP contribution in [0.4, 0.5) is 0 Å². The average molecular weight is 362 g/mol. The third kappa shape index (κ3) is 2.32. The lowest BCUT2D eigenvalue weighted by Crippen LogP contribution is -2.73. The minimum atomic E-state index is -0.971. The van der Waals surface area contributed by atoms with Gasteiger partial charge in [0.25, 0.3) is 0 Å². The van der Waals surface area contributed by atoms with E-state index in [4.69, 9.17) is 14.5 Å². The van der Waals surface area contributed by atoms with Crippen LogP contribution >= 0.6 is 0 Å². The molecule has 6 rings (SSSR count). The molecule has 2 aromatic rings. The maximum absolute atomic E-state index is 6.60. The van der Waals surface area contributed by atoms with Crippen molar-refractivity contribution in [3.63, 3.8) is 0 Å². The van der Waals surface area contributed by atoms with Gasteiger partial charge in [-0.25, -0.2) is 4.89 Å². The molecule has 4 aliphatic rings. The van der Waals surface area contributed by atoms with Crippen molar-refractivity contribution in [2.24, 2.45) is 5.41 Å². The van der Waals surface area contributed by atoms with E-state index in [1.165, 1.54) is 10.8 Å². The van der Waals surface area contributed by atoms with Gasteiger partial charge in [-0.05, 0) is 60.8 Å². The summed E-state index contributed by atoms with van der Waals surface area (Å²) < 4.78 is 6.60. The van der Waals surface area contributed by atoms with Gasteiger partial charge in [0.2, 0.25) is 5.79 Å². The fourth-order valence-electron chi connectivity index (χ4n) is 5.23. The summed E-state index contributed by atoms with van der Waals surface area (Å²) in [6, 6.07) is 14.7. The summed E-state index contributed by atoms with van der Waals surface area (Å²) in [5.74, 6) is -0.971. The summed E-state index contributed by atoms with van der Waals surface area (Å²) in [7, 11) is 0. The predicted molar refractivity (Wildman–Crippen MR) is 107 cm³/mol. The second kappa shape index (κ2) is 5.54. The fraction of sp³-hybridized carbons (Fsp3) is 0.417. The maximum atomic E-state index is 6.60. The summed E-state index contributed by atoms with van der Waals surface area (Å²) in [6.45, 7) is 6.65. The van der Waals surface area contributed by atoms with Gasteiger partial charge in [0.05, 0.1) is 0 Å². The number of hydrogen-bond donors (Lipinski definition) is 0. The first-order valence-corrected chi connectivity index (χ1v) is 9.83. The number of benzene rings is 2. The van der Waals surface area contributed by atoms with Crippen LogP contribution in [0, 0.1) is 5.41 Å². The molecule has 3 heterocycles. The van der Waals surface area contributed by atoms with E-state index >= 15 is 0 Å². The summed E-state index contributed by atoms with van der Waals surface area (Å²) in [5.41, 5.74) is 0.167. The second-order valence-electron chi connectivity index (χ2n) is 8.93. The van der Waals surface area contributed by atoms with Gasteiger partial charge in [-0.3, -0.25) is 0 Å². The molecular weight excluding hydrogens is 336 g/mol. The van der Waals surface area contributed by atoms with Gasteiger partial charge in [0, 0.05) is 5.41 Å². The van der Waals surface area contributed by atoms with E-state index in [1.54, 1.807) is 0 Å². The zero-order valence-corrected chi connectivity index (χ0v) is 16.2. The third-order valence-electron chi connectivity index (χ3n) is 6.80. The van der Waals surface area contributed by atoms with Gasteiger partial charge >= 0.3 is 0 Å². The highest BCUT2D eigenvalue weighted by molar-refractivity contribution is 5.90. The molecule has 27 heavy (non-hydrogen) atoms. The number of fused-ring (bicyclic) bond motifs is 2. The molecule has 3 atom stereocenters. The van der Waals surface area contributed by atoms with Crippen LogP contribution in [-0.2, 0) is 14.5 Å². The van der Waals surface area contributed by atoms with Gasteiger partial charge in [0.15, 0.2) is 5.60 Å². The lowest BCUT2D eigenvalue weighted by atomic mass is 9.57. The Labute approximate surface area is 160 Å². The highest BCUT2D eigenvalue weighted by atomic mass is 17.3. The number of rotatable bonds is 2. The van der Waals surface area contributed by atoms with E-state index in [2.05, 4.69) is 75.4 Å². The van der Waals surface area contributed by atoms with Gasteiger partial charge in [-0.1, -0.05) is 62.4 Å². The Balaban J connectivity index is 1.54. The molecule has 3 aliphatic heterocycles. The average Bonchev–Trinajstić information content (AvgIpc) is 2.66. The lowest BCUT2D eigenvalue weighted by Gasteiger charge is -2.64. The van der Waals surface area contributed by atoms with Crippen molar-refractivity contribution in [3.8, 4) is 0 Å². The van der Waals surface area contributed by atoms with E-state index in [0.717, 1.165) is 24.8 Å². The van der Waals surface area contributed by atoms with E-state index in [0.29, 0.717) is 0 Å². The largest absolute Gasteiger partial charge is 0.331 e. The Morgan fingerprint density at radius 2 is 1.70 bits per heavy atom. The molecule has 0 N–H and O–H groups in total. The molecule has 0 aromatic heterocycles. The second-order valence-corrected chi connectivity index (χ2v) is 8.93. The van der Waals surface area contributed by atoms with Crippen LogP contribution in [0.5, 0.6) is 0 Å². The molecule has 0 amide bonds. The van der Waals surface area contributed by atoms with E-state index in [-0.39, 0.29) is 5.41 Å². The Kier molecular flexibility index (Phi) is 3.52. The normalized spacial score (nSPS) is 37.0. The van der Waals surface area contributed by atoms with Crippen molar-refractivity contribution in [1.82, 2.24) is 0 Å². The molecule has 3 heteroatoms. The van der Waals surface area contributed by atoms with Crippen LogP contribution in [0.15, 0.2) is 60.7 Å². The molecule has 140 valence electrons. The molecule has 2 aromatic carbocycles. The Morgan fingerprint density at radius 3 is 2.52 bits per heavy atom. The zero-order valence-electron chi connectivity index (χ0n) is 16.2. The Bertz CT molecular complexity index is 954. The van der Waals surface area contributed by atoms with Crippen LogP contribution in [-0.4, -0.2) is 17.0 Å². The summed E-state index contributed by atoms with van der Waals surface area (Å²) >= 11 is 0. The van der Waals surface area contributed by atoms with Crippen LogP contribution in [0.3, 0.4) is 0 Å². The first-order valence-electron chi connectivity index (χ1n) is 9.83. The standard InChI is InChI=1S/C24H26O3/c1-21(2)13-7-14-22(3)24(21)17-16-23(25-22,26-27-24)15-12-19-10-6-9-18-8-4-5-11-20(18)19/h4-6,8-12,15-17H,7,13-14H2,1-3H3/b15-12+/t22-,23+,24+/m1/s1. The topological polar surface area (TPSA) is 27.7 Å². The maximum Gasteiger partial charge on any atom is 0.241 e. The van der Waals surface area contributed by atoms with Crippen molar-refractivity contribution in [2.45, 2.75) is 57.0 Å². The van der Waals surface area contributed by atoms with Gasteiger partial charge < -0.3 is 4.74 Å². The molecule has 1 saturated carbocycles. The molecule has 0 unspecified atom stereocenters. The van der Waals surface area contributed by atoms with Crippen LogP contribution < -0.4 is 0 Å². The SMILES string of the molecule is CC1(C)CCC[C@@]2(C)O[C@]3(/C=C/c4cccc5ccccc45)C=C[C@]12OO3. The van der Waals surface area contributed by atoms with Crippen LogP contribution in [0.25, 0.3) is 16.8 Å².